The van der Waals surface area contributed by atoms with Gasteiger partial charge in [-0.1, -0.05) is 32.8 Å². The number of aliphatic imine (C=N–C) groups is 1. The van der Waals surface area contributed by atoms with Gasteiger partial charge in [0, 0.05) is 39.0 Å². The zero-order valence-corrected chi connectivity index (χ0v) is 21.5. The van der Waals surface area contributed by atoms with Gasteiger partial charge < -0.3 is 20.6 Å². The fraction of sp³-hybridized carbons (Fsp3) is 0.739. The highest BCUT2D eigenvalue weighted by Crippen LogP contribution is 2.29. The normalized spacial score (nSPS) is 15.3. The number of pyridine rings is 1. The molecule has 172 valence electrons. The molecule has 1 fully saturated rings. The van der Waals surface area contributed by atoms with E-state index in [0.29, 0.717) is 6.54 Å². The van der Waals surface area contributed by atoms with Crippen molar-refractivity contribution in [1.82, 2.24) is 15.6 Å². The molecule has 3 N–H and O–H groups in total. The molecule has 1 aromatic rings. The molecule has 0 aliphatic carbocycles. The second-order valence-electron chi connectivity index (χ2n) is 8.16. The molecule has 0 radical (unpaired) electrons. The highest BCUT2D eigenvalue weighted by Gasteiger charge is 2.25. The quantitative estimate of drug-likeness (QED) is 0.238. The zero-order valence-electron chi connectivity index (χ0n) is 19.1. The second kappa shape index (κ2) is 14.8. The maximum absolute atomic E-state index is 9.43. The lowest BCUT2D eigenvalue weighted by Gasteiger charge is -2.32. The molecule has 2 heterocycles. The van der Waals surface area contributed by atoms with Gasteiger partial charge in [-0.05, 0) is 56.1 Å². The molecule has 1 aromatic heterocycles. The highest BCUT2D eigenvalue weighted by atomic mass is 127. The minimum Gasteiger partial charge on any atom is -0.396 e. The molecule has 7 heteroatoms. The summed E-state index contributed by atoms with van der Waals surface area (Å²) >= 11 is 0. The number of halogens is 1. The van der Waals surface area contributed by atoms with Crippen molar-refractivity contribution >= 4 is 35.8 Å². The van der Waals surface area contributed by atoms with Gasteiger partial charge in [0.05, 0.1) is 6.54 Å². The average molecular weight is 532 g/mol. The Labute approximate surface area is 200 Å². The van der Waals surface area contributed by atoms with Gasteiger partial charge >= 0.3 is 0 Å². The summed E-state index contributed by atoms with van der Waals surface area (Å²) < 4.78 is 0. The number of guanidine groups is 1. The van der Waals surface area contributed by atoms with Crippen molar-refractivity contribution in [3.63, 3.8) is 0 Å². The van der Waals surface area contributed by atoms with Crippen LogP contribution in [-0.2, 0) is 6.54 Å². The van der Waals surface area contributed by atoms with Gasteiger partial charge in [-0.2, -0.15) is 0 Å². The van der Waals surface area contributed by atoms with Crippen LogP contribution in [0.25, 0.3) is 0 Å². The molecular formula is C23H42IN5O. The SMILES string of the molecule is CCNC(=NCc1ccc(N2CCCCCC2)nc1)NCC(CC)(CC)CCO.I. The minimum atomic E-state index is 0. The van der Waals surface area contributed by atoms with E-state index in [1.165, 1.54) is 25.7 Å². The van der Waals surface area contributed by atoms with E-state index in [4.69, 9.17) is 9.98 Å². The number of aliphatic hydroxyl groups is 1. The summed E-state index contributed by atoms with van der Waals surface area (Å²) in [6.45, 7) is 11.2. The Kier molecular flexibility index (Phi) is 13.3. The lowest BCUT2D eigenvalue weighted by Crippen LogP contribution is -2.43. The first-order valence-corrected chi connectivity index (χ1v) is 11.5. The summed E-state index contributed by atoms with van der Waals surface area (Å²) in [5.74, 6) is 1.91. The molecule has 0 spiro atoms. The topological polar surface area (TPSA) is 72.8 Å². The Morgan fingerprint density at radius 3 is 2.33 bits per heavy atom. The molecule has 0 bridgehead atoms. The molecule has 0 amide bonds. The van der Waals surface area contributed by atoms with Gasteiger partial charge in [-0.15, -0.1) is 24.0 Å². The number of nitrogens with zero attached hydrogens (tertiary/aromatic N) is 3. The first kappa shape index (κ1) is 26.9. The summed E-state index contributed by atoms with van der Waals surface area (Å²) in [7, 11) is 0. The summed E-state index contributed by atoms with van der Waals surface area (Å²) in [5, 5.41) is 16.3. The lowest BCUT2D eigenvalue weighted by atomic mass is 9.79. The number of aliphatic hydroxyl groups excluding tert-OH is 1. The van der Waals surface area contributed by atoms with Crippen molar-refractivity contribution in [2.45, 2.75) is 72.3 Å². The third kappa shape index (κ3) is 8.57. The van der Waals surface area contributed by atoms with Crippen molar-refractivity contribution in [2.75, 3.05) is 37.7 Å². The van der Waals surface area contributed by atoms with Crippen molar-refractivity contribution in [2.24, 2.45) is 10.4 Å². The van der Waals surface area contributed by atoms with Crippen LogP contribution in [0.2, 0.25) is 0 Å². The van der Waals surface area contributed by atoms with E-state index < -0.39 is 0 Å². The number of nitrogens with one attached hydrogen (secondary N) is 2. The predicted octanol–water partition coefficient (Wildman–Crippen LogP) is 4.32. The Balaban J connectivity index is 0.00000450. The Bertz CT molecular complexity index is 596. The van der Waals surface area contributed by atoms with Gasteiger partial charge in [0.25, 0.3) is 0 Å². The molecule has 0 saturated carbocycles. The van der Waals surface area contributed by atoms with Gasteiger partial charge in [0.1, 0.15) is 5.82 Å². The molecular weight excluding hydrogens is 489 g/mol. The largest absolute Gasteiger partial charge is 0.396 e. The van der Waals surface area contributed by atoms with Crippen LogP contribution >= 0.6 is 24.0 Å². The smallest absolute Gasteiger partial charge is 0.191 e. The fourth-order valence-corrected chi connectivity index (χ4v) is 3.96. The summed E-state index contributed by atoms with van der Waals surface area (Å²) in [5.41, 5.74) is 1.23. The van der Waals surface area contributed by atoms with Crippen LogP contribution in [-0.4, -0.2) is 48.8 Å². The molecule has 0 aromatic carbocycles. The van der Waals surface area contributed by atoms with Crippen LogP contribution in [0.4, 0.5) is 5.82 Å². The van der Waals surface area contributed by atoms with E-state index >= 15 is 0 Å². The first-order valence-electron chi connectivity index (χ1n) is 11.5. The van der Waals surface area contributed by atoms with E-state index in [-0.39, 0.29) is 36.0 Å². The van der Waals surface area contributed by atoms with E-state index in [1.807, 2.05) is 6.20 Å². The molecule has 1 saturated heterocycles. The molecule has 6 nitrogen and oxygen atoms in total. The van der Waals surface area contributed by atoms with E-state index in [1.54, 1.807) is 0 Å². The lowest BCUT2D eigenvalue weighted by molar-refractivity contribution is 0.169. The van der Waals surface area contributed by atoms with Crippen molar-refractivity contribution in [1.29, 1.82) is 0 Å². The molecule has 2 rings (SSSR count). The van der Waals surface area contributed by atoms with Gasteiger partial charge in [0.2, 0.25) is 0 Å². The van der Waals surface area contributed by atoms with Crippen LogP contribution in [0.1, 0.15) is 71.3 Å². The Morgan fingerprint density at radius 2 is 1.80 bits per heavy atom. The van der Waals surface area contributed by atoms with E-state index in [0.717, 1.165) is 62.8 Å². The summed E-state index contributed by atoms with van der Waals surface area (Å²) in [4.78, 5) is 11.8. The van der Waals surface area contributed by atoms with Crippen LogP contribution in [0.3, 0.4) is 0 Å². The average Bonchev–Trinajstić information content (AvgIpc) is 3.05. The number of hydrogen-bond acceptors (Lipinski definition) is 4. The van der Waals surface area contributed by atoms with Crippen molar-refractivity contribution < 1.29 is 5.11 Å². The second-order valence-corrected chi connectivity index (χ2v) is 8.16. The number of hydrogen-bond donors (Lipinski definition) is 3. The predicted molar refractivity (Wildman–Crippen MR) is 138 cm³/mol. The third-order valence-electron chi connectivity index (χ3n) is 6.28. The molecule has 1 aliphatic heterocycles. The van der Waals surface area contributed by atoms with Crippen LogP contribution < -0.4 is 15.5 Å². The van der Waals surface area contributed by atoms with Gasteiger partial charge in [-0.3, -0.25) is 0 Å². The Hall–Kier alpha value is -1.09. The molecule has 30 heavy (non-hydrogen) atoms. The standard InChI is InChI=1S/C23H41N5O.HI/c1-4-23(5-2,13-16-29)19-27-22(24-6-3)26-18-20-11-12-21(25-17-20)28-14-9-7-8-10-15-28;/h11-12,17,29H,4-10,13-16,18-19H2,1-3H3,(H2,24,26,27);1H. The minimum absolute atomic E-state index is 0. The van der Waals surface area contributed by atoms with Crippen LogP contribution in [0.15, 0.2) is 23.3 Å². The number of anilines is 1. The molecule has 1 aliphatic rings. The summed E-state index contributed by atoms with van der Waals surface area (Å²) in [6.07, 6.45) is 10.0. The summed E-state index contributed by atoms with van der Waals surface area (Å²) in [6, 6.07) is 4.28. The van der Waals surface area contributed by atoms with Crippen LogP contribution in [0.5, 0.6) is 0 Å². The Morgan fingerprint density at radius 1 is 1.10 bits per heavy atom. The first-order chi connectivity index (χ1) is 14.2. The van der Waals surface area contributed by atoms with Crippen molar-refractivity contribution in [3.05, 3.63) is 23.9 Å². The highest BCUT2D eigenvalue weighted by molar-refractivity contribution is 14.0. The fourth-order valence-electron chi connectivity index (χ4n) is 3.96. The number of aromatic nitrogens is 1. The maximum atomic E-state index is 9.43. The zero-order chi connectivity index (χ0) is 21.0. The monoisotopic (exact) mass is 531 g/mol. The van der Waals surface area contributed by atoms with E-state index in [2.05, 4.69) is 48.4 Å². The maximum Gasteiger partial charge on any atom is 0.191 e. The molecule has 0 atom stereocenters. The van der Waals surface area contributed by atoms with Gasteiger partial charge in [0.15, 0.2) is 5.96 Å². The number of rotatable bonds is 10. The van der Waals surface area contributed by atoms with Crippen LogP contribution in [0, 0.1) is 5.41 Å². The van der Waals surface area contributed by atoms with Crippen molar-refractivity contribution in [3.8, 4) is 0 Å². The van der Waals surface area contributed by atoms with Gasteiger partial charge in [-0.25, -0.2) is 9.98 Å². The third-order valence-corrected chi connectivity index (χ3v) is 6.28. The van der Waals surface area contributed by atoms with E-state index in [9.17, 15) is 5.11 Å². The molecule has 0 unspecified atom stereocenters.